The lowest BCUT2D eigenvalue weighted by Gasteiger charge is -2.12. The molecule has 3 nitrogen and oxygen atoms in total. The predicted octanol–water partition coefficient (Wildman–Crippen LogP) is -0.923. The Morgan fingerprint density at radius 1 is 1.62 bits per heavy atom. The molecule has 0 bridgehead atoms. The predicted molar refractivity (Wildman–Crippen MR) is 31.4 cm³/mol. The monoisotopic (exact) mass is 119 g/mol. The third kappa shape index (κ3) is 2.26. The van der Waals surface area contributed by atoms with Gasteiger partial charge in [-0.2, -0.15) is 0 Å². The molecule has 8 heavy (non-hydrogen) atoms. The van der Waals surface area contributed by atoms with Gasteiger partial charge in [0.25, 0.3) is 0 Å². The summed E-state index contributed by atoms with van der Waals surface area (Å²) >= 11 is 0. The minimum Gasteiger partial charge on any atom is -0.395 e. The first kappa shape index (κ1) is 7.88. The quantitative estimate of drug-likeness (QED) is 0.450. The molecule has 2 atom stereocenters. The van der Waals surface area contributed by atoms with E-state index in [2.05, 4.69) is 0 Å². The lowest BCUT2D eigenvalue weighted by Crippen LogP contribution is -2.37. The molecule has 0 radical (unpaired) electrons. The highest BCUT2D eigenvalue weighted by molar-refractivity contribution is 4.67. The van der Waals surface area contributed by atoms with Gasteiger partial charge < -0.3 is 15.9 Å². The Morgan fingerprint density at radius 3 is 2.25 bits per heavy atom. The van der Waals surface area contributed by atoms with Crippen molar-refractivity contribution in [2.45, 2.75) is 25.5 Å². The Kier molecular flexibility index (Phi) is 3.77. The van der Waals surface area contributed by atoms with Crippen LogP contribution in [0.1, 0.15) is 13.3 Å². The molecule has 0 unspecified atom stereocenters. The largest absolute Gasteiger partial charge is 0.395 e. The van der Waals surface area contributed by atoms with Crippen molar-refractivity contribution in [2.75, 3.05) is 6.61 Å². The molecule has 0 saturated heterocycles. The summed E-state index contributed by atoms with van der Waals surface area (Å²) in [6, 6.07) is -0.472. The van der Waals surface area contributed by atoms with E-state index in [9.17, 15) is 0 Å². The molecule has 0 rings (SSSR count). The summed E-state index contributed by atoms with van der Waals surface area (Å²) in [7, 11) is 0. The molecule has 0 aliphatic rings. The van der Waals surface area contributed by atoms with Crippen LogP contribution in [0.25, 0.3) is 0 Å². The van der Waals surface area contributed by atoms with Crippen LogP contribution in [0.2, 0.25) is 0 Å². The Bertz CT molecular complexity index is 50.4. The van der Waals surface area contributed by atoms with Crippen molar-refractivity contribution in [3.63, 3.8) is 0 Å². The van der Waals surface area contributed by atoms with Gasteiger partial charge in [-0.3, -0.25) is 0 Å². The zero-order valence-electron chi connectivity index (χ0n) is 5.04. The Labute approximate surface area is 49.1 Å². The van der Waals surface area contributed by atoms with Crippen LogP contribution in [0.3, 0.4) is 0 Å². The average molecular weight is 119 g/mol. The summed E-state index contributed by atoms with van der Waals surface area (Å²) in [6.07, 6.45) is 0.0434. The zero-order valence-corrected chi connectivity index (χ0v) is 5.04. The van der Waals surface area contributed by atoms with Crippen LogP contribution in [0.15, 0.2) is 0 Å². The standard InChI is InChI=1S/C5H13NO2/c1-2-5(8)4(6)3-7/h4-5,7-8H,2-3,6H2,1H3/t4-,5+/m0/s1. The van der Waals surface area contributed by atoms with E-state index in [1.807, 2.05) is 6.92 Å². The van der Waals surface area contributed by atoms with Gasteiger partial charge in [0.15, 0.2) is 0 Å². The van der Waals surface area contributed by atoms with Crippen LogP contribution < -0.4 is 5.73 Å². The molecule has 0 heterocycles. The van der Waals surface area contributed by atoms with E-state index in [1.165, 1.54) is 0 Å². The van der Waals surface area contributed by atoms with Gasteiger partial charge in [0.2, 0.25) is 0 Å². The molecule has 0 saturated carbocycles. The zero-order chi connectivity index (χ0) is 6.57. The topological polar surface area (TPSA) is 66.5 Å². The van der Waals surface area contributed by atoms with Crippen LogP contribution in [-0.2, 0) is 0 Å². The number of nitrogens with two attached hydrogens (primary N) is 1. The Hall–Kier alpha value is -0.120. The summed E-state index contributed by atoms with van der Waals surface area (Å²) in [5.74, 6) is 0. The fraction of sp³-hybridized carbons (Fsp3) is 1.00. The Morgan fingerprint density at radius 2 is 2.12 bits per heavy atom. The molecule has 0 spiro atoms. The summed E-state index contributed by atoms with van der Waals surface area (Å²) in [5, 5.41) is 17.2. The van der Waals surface area contributed by atoms with Crippen molar-refractivity contribution in [3.8, 4) is 0 Å². The average Bonchev–Trinajstić information content (AvgIpc) is 1.84. The SMILES string of the molecule is CC[C@@H](O)[C@@H](N)CO. The van der Waals surface area contributed by atoms with Gasteiger partial charge in [-0.15, -0.1) is 0 Å². The van der Waals surface area contributed by atoms with E-state index < -0.39 is 12.1 Å². The molecule has 0 aliphatic carbocycles. The molecule has 0 aromatic rings. The summed E-state index contributed by atoms with van der Waals surface area (Å²) in [5.41, 5.74) is 5.23. The van der Waals surface area contributed by atoms with Gasteiger partial charge in [-0.25, -0.2) is 0 Å². The molecule has 0 aromatic carbocycles. The van der Waals surface area contributed by atoms with Crippen LogP contribution in [0.5, 0.6) is 0 Å². The lowest BCUT2D eigenvalue weighted by molar-refractivity contribution is 0.106. The summed E-state index contributed by atoms with van der Waals surface area (Å²) in [4.78, 5) is 0. The van der Waals surface area contributed by atoms with E-state index in [-0.39, 0.29) is 6.61 Å². The minimum atomic E-state index is -0.556. The second kappa shape index (κ2) is 3.83. The third-order valence-electron chi connectivity index (χ3n) is 1.12. The number of aliphatic hydroxyl groups is 2. The number of hydrogen-bond donors (Lipinski definition) is 3. The molecule has 0 fully saturated rings. The van der Waals surface area contributed by atoms with E-state index >= 15 is 0 Å². The second-order valence-corrected chi connectivity index (χ2v) is 1.82. The first-order valence-corrected chi connectivity index (χ1v) is 2.76. The molecular formula is C5H13NO2. The maximum absolute atomic E-state index is 8.84. The van der Waals surface area contributed by atoms with E-state index in [0.717, 1.165) is 0 Å². The van der Waals surface area contributed by atoms with Crippen molar-refractivity contribution >= 4 is 0 Å². The summed E-state index contributed by atoms with van der Waals surface area (Å²) < 4.78 is 0. The van der Waals surface area contributed by atoms with Crippen molar-refractivity contribution in [2.24, 2.45) is 5.73 Å². The molecule has 0 aromatic heterocycles. The van der Waals surface area contributed by atoms with Crippen molar-refractivity contribution in [1.82, 2.24) is 0 Å². The molecule has 0 aliphatic heterocycles. The highest BCUT2D eigenvalue weighted by atomic mass is 16.3. The maximum atomic E-state index is 8.84. The number of hydrogen-bond acceptors (Lipinski definition) is 3. The van der Waals surface area contributed by atoms with Crippen LogP contribution >= 0.6 is 0 Å². The van der Waals surface area contributed by atoms with Gasteiger partial charge in [0.1, 0.15) is 0 Å². The van der Waals surface area contributed by atoms with Crippen LogP contribution in [0.4, 0.5) is 0 Å². The molecule has 4 N–H and O–H groups in total. The van der Waals surface area contributed by atoms with Crippen molar-refractivity contribution in [3.05, 3.63) is 0 Å². The Balaban J connectivity index is 3.29. The maximum Gasteiger partial charge on any atom is 0.0710 e. The second-order valence-electron chi connectivity index (χ2n) is 1.82. The normalized spacial score (nSPS) is 18.0. The number of rotatable bonds is 3. The van der Waals surface area contributed by atoms with Crippen molar-refractivity contribution < 1.29 is 10.2 Å². The number of aliphatic hydroxyl groups excluding tert-OH is 2. The van der Waals surface area contributed by atoms with Gasteiger partial charge in [0.05, 0.1) is 18.8 Å². The van der Waals surface area contributed by atoms with Gasteiger partial charge in [-0.05, 0) is 6.42 Å². The van der Waals surface area contributed by atoms with Gasteiger partial charge >= 0.3 is 0 Å². The smallest absolute Gasteiger partial charge is 0.0710 e. The highest BCUT2D eigenvalue weighted by Gasteiger charge is 2.09. The fourth-order valence-corrected chi connectivity index (χ4v) is 0.424. The lowest BCUT2D eigenvalue weighted by atomic mass is 10.1. The molecule has 0 amide bonds. The highest BCUT2D eigenvalue weighted by Crippen LogP contribution is 1.92. The first-order valence-electron chi connectivity index (χ1n) is 2.76. The van der Waals surface area contributed by atoms with E-state index in [0.29, 0.717) is 6.42 Å². The fourth-order valence-electron chi connectivity index (χ4n) is 0.424. The molecule has 50 valence electrons. The van der Waals surface area contributed by atoms with E-state index in [4.69, 9.17) is 15.9 Å². The molecular weight excluding hydrogens is 106 g/mol. The van der Waals surface area contributed by atoms with Crippen molar-refractivity contribution in [1.29, 1.82) is 0 Å². The van der Waals surface area contributed by atoms with Gasteiger partial charge in [-0.1, -0.05) is 6.92 Å². The summed E-state index contributed by atoms with van der Waals surface area (Å²) in [6.45, 7) is 1.68. The first-order chi connectivity index (χ1) is 3.72. The van der Waals surface area contributed by atoms with Crippen LogP contribution in [0, 0.1) is 0 Å². The van der Waals surface area contributed by atoms with Crippen LogP contribution in [-0.4, -0.2) is 29.0 Å². The van der Waals surface area contributed by atoms with E-state index in [1.54, 1.807) is 0 Å². The minimum absolute atomic E-state index is 0.144. The third-order valence-corrected chi connectivity index (χ3v) is 1.12. The molecule has 3 heteroatoms. The van der Waals surface area contributed by atoms with Gasteiger partial charge in [0, 0.05) is 0 Å².